The number of aryl methyl sites for hydroxylation is 1. The van der Waals surface area contributed by atoms with Gasteiger partial charge in [-0.3, -0.25) is 14.5 Å². The summed E-state index contributed by atoms with van der Waals surface area (Å²) in [5, 5.41) is 4.60. The van der Waals surface area contributed by atoms with E-state index in [9.17, 15) is 22.8 Å². The van der Waals surface area contributed by atoms with Gasteiger partial charge in [-0.1, -0.05) is 19.3 Å². The second-order valence-corrected chi connectivity index (χ2v) is 8.53. The van der Waals surface area contributed by atoms with Crippen molar-refractivity contribution in [1.29, 1.82) is 0 Å². The van der Waals surface area contributed by atoms with E-state index in [-0.39, 0.29) is 11.7 Å². The molecule has 1 aromatic heterocycles. The molecule has 9 heteroatoms. The number of halogens is 3. The van der Waals surface area contributed by atoms with Gasteiger partial charge in [0.15, 0.2) is 6.04 Å². The largest absolute Gasteiger partial charge is 0.497 e. The predicted octanol–water partition coefficient (Wildman–Crippen LogP) is 5.15. The maximum absolute atomic E-state index is 13.6. The Bertz CT molecular complexity index is 905. The van der Waals surface area contributed by atoms with E-state index in [1.165, 1.54) is 31.4 Å². The number of nitrogens with one attached hydrogen (secondary N) is 1. The standard InChI is InChI=1S/C22H25F3N2O3S/c1-14-12-13-31-19(14)18(20(28)26-15-6-4-3-5-7-15)27(21(29)22(23,24)25)16-8-10-17(30-2)11-9-16/h8-13,15,18H,3-7H2,1-2H3,(H,26,28). The summed E-state index contributed by atoms with van der Waals surface area (Å²) < 4.78 is 45.9. The lowest BCUT2D eigenvalue weighted by atomic mass is 9.95. The molecule has 0 radical (unpaired) electrons. The first-order valence-electron chi connectivity index (χ1n) is 10.1. The van der Waals surface area contributed by atoms with Crippen LogP contribution in [0.25, 0.3) is 0 Å². The molecule has 0 saturated heterocycles. The summed E-state index contributed by atoms with van der Waals surface area (Å²) in [7, 11) is 1.43. The average Bonchev–Trinajstić information content (AvgIpc) is 3.17. The zero-order valence-corrected chi connectivity index (χ0v) is 18.2. The van der Waals surface area contributed by atoms with Crippen LogP contribution in [-0.4, -0.2) is 31.1 Å². The molecule has 1 aliphatic carbocycles. The van der Waals surface area contributed by atoms with Gasteiger partial charge < -0.3 is 10.1 Å². The molecule has 1 heterocycles. The zero-order valence-electron chi connectivity index (χ0n) is 17.4. The van der Waals surface area contributed by atoms with Crippen LogP contribution in [0.3, 0.4) is 0 Å². The lowest BCUT2D eigenvalue weighted by Gasteiger charge is -2.33. The minimum absolute atomic E-state index is 0.0280. The molecule has 1 N–H and O–H groups in total. The van der Waals surface area contributed by atoms with Crippen molar-refractivity contribution in [2.24, 2.45) is 0 Å². The van der Waals surface area contributed by atoms with Crippen LogP contribution in [0.4, 0.5) is 18.9 Å². The van der Waals surface area contributed by atoms with E-state index in [1.54, 1.807) is 18.4 Å². The highest BCUT2D eigenvalue weighted by atomic mass is 32.1. The van der Waals surface area contributed by atoms with Gasteiger partial charge in [0.25, 0.3) is 0 Å². The summed E-state index contributed by atoms with van der Waals surface area (Å²) in [6.07, 6.45) is -0.608. The number of alkyl halides is 3. The fraction of sp³-hybridized carbons (Fsp3) is 0.455. The minimum atomic E-state index is -5.14. The number of amides is 2. The Morgan fingerprint density at radius 2 is 1.77 bits per heavy atom. The normalized spacial score (nSPS) is 15.9. The molecule has 1 atom stereocenters. The Morgan fingerprint density at radius 3 is 2.29 bits per heavy atom. The van der Waals surface area contributed by atoms with Crippen LogP contribution in [0.5, 0.6) is 5.75 Å². The minimum Gasteiger partial charge on any atom is -0.497 e. The van der Waals surface area contributed by atoms with Crippen molar-refractivity contribution in [2.75, 3.05) is 12.0 Å². The number of hydrogen-bond acceptors (Lipinski definition) is 4. The zero-order chi connectivity index (χ0) is 22.6. The third kappa shape index (κ3) is 5.39. The Balaban J connectivity index is 2.06. The van der Waals surface area contributed by atoms with Crippen LogP contribution in [0.15, 0.2) is 35.7 Å². The lowest BCUT2D eigenvalue weighted by molar-refractivity contribution is -0.171. The summed E-state index contributed by atoms with van der Waals surface area (Å²) in [5.74, 6) is -2.27. The molecule has 0 aliphatic heterocycles. The summed E-state index contributed by atoms with van der Waals surface area (Å²) in [5.41, 5.74) is 0.627. The van der Waals surface area contributed by atoms with Crippen LogP contribution in [-0.2, 0) is 9.59 Å². The number of hydrogen-bond donors (Lipinski definition) is 1. The fourth-order valence-electron chi connectivity index (χ4n) is 3.81. The highest BCUT2D eigenvalue weighted by Gasteiger charge is 2.48. The highest BCUT2D eigenvalue weighted by Crippen LogP contribution is 2.37. The third-order valence-corrected chi connectivity index (χ3v) is 6.49. The van der Waals surface area contributed by atoms with E-state index in [0.717, 1.165) is 43.4 Å². The van der Waals surface area contributed by atoms with Gasteiger partial charge in [0.1, 0.15) is 5.75 Å². The van der Waals surface area contributed by atoms with Crippen molar-refractivity contribution in [1.82, 2.24) is 5.32 Å². The van der Waals surface area contributed by atoms with Crippen molar-refractivity contribution >= 4 is 28.8 Å². The Kier molecular flexibility index (Phi) is 7.25. The van der Waals surface area contributed by atoms with Gasteiger partial charge in [-0.15, -0.1) is 11.3 Å². The Morgan fingerprint density at radius 1 is 1.13 bits per heavy atom. The molecule has 168 valence electrons. The molecular weight excluding hydrogens is 429 g/mol. The van der Waals surface area contributed by atoms with Gasteiger partial charge in [0.05, 0.1) is 7.11 Å². The van der Waals surface area contributed by atoms with Crippen molar-refractivity contribution in [3.05, 3.63) is 46.2 Å². The molecule has 0 spiro atoms. The first kappa shape index (κ1) is 23.1. The number of methoxy groups -OCH3 is 1. The monoisotopic (exact) mass is 454 g/mol. The number of carbonyl (C=O) groups is 2. The maximum Gasteiger partial charge on any atom is 0.471 e. The first-order chi connectivity index (χ1) is 14.7. The second kappa shape index (κ2) is 9.72. The number of nitrogens with zero attached hydrogens (tertiary/aromatic N) is 1. The molecule has 2 aromatic rings. The van der Waals surface area contributed by atoms with Crippen molar-refractivity contribution in [3.8, 4) is 5.75 Å². The van der Waals surface area contributed by atoms with Crippen molar-refractivity contribution in [2.45, 2.75) is 57.3 Å². The molecule has 1 unspecified atom stereocenters. The molecule has 1 aliphatic rings. The van der Waals surface area contributed by atoms with Gasteiger partial charge in [0.2, 0.25) is 5.91 Å². The van der Waals surface area contributed by atoms with Gasteiger partial charge in [0, 0.05) is 16.6 Å². The SMILES string of the molecule is COc1ccc(N(C(=O)C(F)(F)F)C(C(=O)NC2CCCCC2)c2sccc2C)cc1. The average molecular weight is 455 g/mol. The highest BCUT2D eigenvalue weighted by molar-refractivity contribution is 7.10. The summed E-state index contributed by atoms with van der Waals surface area (Å²) >= 11 is 1.16. The van der Waals surface area contributed by atoms with Crippen LogP contribution in [0.2, 0.25) is 0 Å². The molecule has 1 saturated carbocycles. The lowest BCUT2D eigenvalue weighted by Crippen LogP contribution is -2.50. The molecule has 1 aromatic carbocycles. The van der Waals surface area contributed by atoms with Gasteiger partial charge in [-0.25, -0.2) is 0 Å². The number of carbonyl (C=O) groups excluding carboxylic acids is 2. The number of anilines is 1. The van der Waals surface area contributed by atoms with Crippen LogP contribution in [0, 0.1) is 6.92 Å². The van der Waals surface area contributed by atoms with Crippen LogP contribution >= 0.6 is 11.3 Å². The van der Waals surface area contributed by atoms with Crippen molar-refractivity contribution < 1.29 is 27.5 Å². The predicted molar refractivity (Wildman–Crippen MR) is 113 cm³/mol. The summed E-state index contributed by atoms with van der Waals surface area (Å²) in [4.78, 5) is 26.9. The fourth-order valence-corrected chi connectivity index (χ4v) is 4.82. The first-order valence-corrected chi connectivity index (χ1v) is 11.0. The third-order valence-electron chi connectivity index (χ3n) is 5.42. The molecule has 1 fully saturated rings. The molecule has 5 nitrogen and oxygen atoms in total. The van der Waals surface area contributed by atoms with Crippen LogP contribution in [0.1, 0.15) is 48.6 Å². The van der Waals surface area contributed by atoms with E-state index in [4.69, 9.17) is 4.74 Å². The van der Waals surface area contributed by atoms with E-state index < -0.39 is 24.0 Å². The van der Waals surface area contributed by atoms with E-state index in [1.807, 2.05) is 0 Å². The van der Waals surface area contributed by atoms with Crippen molar-refractivity contribution in [3.63, 3.8) is 0 Å². The number of ether oxygens (including phenoxy) is 1. The molecule has 3 rings (SSSR count). The van der Waals surface area contributed by atoms with Crippen LogP contribution < -0.4 is 15.0 Å². The quantitative estimate of drug-likeness (QED) is 0.657. The van der Waals surface area contributed by atoms with E-state index in [0.29, 0.717) is 21.1 Å². The van der Waals surface area contributed by atoms with E-state index in [2.05, 4.69) is 5.32 Å². The maximum atomic E-state index is 13.6. The summed E-state index contributed by atoms with van der Waals surface area (Å²) in [6.45, 7) is 1.72. The van der Waals surface area contributed by atoms with Gasteiger partial charge in [-0.2, -0.15) is 13.2 Å². The second-order valence-electron chi connectivity index (χ2n) is 7.58. The Labute approximate surface area is 183 Å². The van der Waals surface area contributed by atoms with Gasteiger partial charge in [-0.05, 0) is 61.0 Å². The molecule has 2 amide bonds. The number of thiophene rings is 1. The van der Waals surface area contributed by atoms with Gasteiger partial charge >= 0.3 is 12.1 Å². The molecule has 0 bridgehead atoms. The smallest absolute Gasteiger partial charge is 0.471 e. The Hall–Kier alpha value is -2.55. The number of rotatable bonds is 6. The molecular formula is C22H25F3N2O3S. The summed E-state index contributed by atoms with van der Waals surface area (Å²) in [6, 6.07) is 5.82. The topological polar surface area (TPSA) is 58.6 Å². The molecule has 31 heavy (non-hydrogen) atoms. The van der Waals surface area contributed by atoms with E-state index >= 15 is 0 Å². The number of benzene rings is 1.